The number of anilines is 1. The van der Waals surface area contributed by atoms with Crippen LogP contribution in [0.4, 0.5) is 10.6 Å². The third kappa shape index (κ3) is 4.37. The Morgan fingerprint density at radius 1 is 1.26 bits per heavy atom. The van der Waals surface area contributed by atoms with Crippen molar-refractivity contribution < 1.29 is 13.6 Å². The molecule has 31 heavy (non-hydrogen) atoms. The van der Waals surface area contributed by atoms with E-state index in [1.54, 1.807) is 14.0 Å². The molecule has 0 fully saturated rings. The first-order valence-electron chi connectivity index (χ1n) is 9.96. The van der Waals surface area contributed by atoms with E-state index in [0.717, 1.165) is 10.1 Å². The lowest BCUT2D eigenvalue weighted by Crippen LogP contribution is -2.38. The van der Waals surface area contributed by atoms with E-state index < -0.39 is 28.1 Å². The Labute approximate surface area is 182 Å². The molecule has 166 valence electrons. The van der Waals surface area contributed by atoms with Crippen LogP contribution in [0, 0.1) is 0 Å². The van der Waals surface area contributed by atoms with Crippen molar-refractivity contribution in [1.29, 1.82) is 0 Å². The maximum Gasteiger partial charge on any atom is 0.339 e. The van der Waals surface area contributed by atoms with Gasteiger partial charge in [-0.2, -0.15) is 0 Å². The minimum absolute atomic E-state index is 0.00541. The molecule has 2 aromatic heterocycles. The number of nitrogens with two attached hydrogens (primary N) is 1. The molecule has 2 unspecified atom stereocenters. The Kier molecular flexibility index (Phi) is 6.86. The Morgan fingerprint density at radius 3 is 2.52 bits per heavy atom. The number of hydrogen-bond acceptors (Lipinski definition) is 7. The van der Waals surface area contributed by atoms with Crippen LogP contribution in [-0.4, -0.2) is 52.4 Å². The SMILES string of the molecule is CCCN(C)C(=O)n1c(=O)n(Cc2ccccc2)c2nc(C(CC)S(=O)[O-])nc(N)c21. The van der Waals surface area contributed by atoms with Crippen LogP contribution in [0.25, 0.3) is 11.2 Å². The Morgan fingerprint density at radius 2 is 1.94 bits per heavy atom. The fourth-order valence-corrected chi connectivity index (χ4v) is 3.97. The zero-order valence-electron chi connectivity index (χ0n) is 17.6. The monoisotopic (exact) mass is 445 g/mol. The summed E-state index contributed by atoms with van der Waals surface area (Å²) in [4.78, 5) is 36.3. The van der Waals surface area contributed by atoms with Crippen molar-refractivity contribution in [3.63, 3.8) is 0 Å². The lowest BCUT2D eigenvalue weighted by molar-refractivity contribution is 0.210. The molecule has 0 aliphatic heterocycles. The van der Waals surface area contributed by atoms with Gasteiger partial charge in [0.25, 0.3) is 0 Å². The van der Waals surface area contributed by atoms with Crippen molar-refractivity contribution in [2.75, 3.05) is 19.3 Å². The average Bonchev–Trinajstić information content (AvgIpc) is 3.01. The first-order chi connectivity index (χ1) is 14.8. The van der Waals surface area contributed by atoms with Crippen LogP contribution < -0.4 is 11.4 Å². The van der Waals surface area contributed by atoms with Crippen LogP contribution in [0.5, 0.6) is 0 Å². The number of carbonyl (C=O) groups is 1. The molecule has 0 saturated heterocycles. The van der Waals surface area contributed by atoms with Crippen molar-refractivity contribution in [1.82, 2.24) is 24.0 Å². The van der Waals surface area contributed by atoms with Crippen molar-refractivity contribution in [3.8, 4) is 0 Å². The summed E-state index contributed by atoms with van der Waals surface area (Å²) in [6.45, 7) is 4.20. The van der Waals surface area contributed by atoms with Crippen LogP contribution >= 0.6 is 0 Å². The van der Waals surface area contributed by atoms with E-state index in [-0.39, 0.29) is 35.8 Å². The van der Waals surface area contributed by atoms with E-state index in [1.165, 1.54) is 9.47 Å². The molecule has 3 aromatic rings. The van der Waals surface area contributed by atoms with Gasteiger partial charge in [-0.3, -0.25) is 8.78 Å². The molecule has 0 aliphatic rings. The fraction of sp³-hybridized carbons (Fsp3) is 0.400. The van der Waals surface area contributed by atoms with E-state index in [9.17, 15) is 18.4 Å². The average molecular weight is 446 g/mol. The summed E-state index contributed by atoms with van der Waals surface area (Å²) in [5.41, 5.74) is 6.54. The Hall–Kier alpha value is -3.05. The number of benzene rings is 1. The second-order valence-electron chi connectivity index (χ2n) is 7.19. The summed E-state index contributed by atoms with van der Waals surface area (Å²) in [5, 5.41) is -0.978. The number of fused-ring (bicyclic) bond motifs is 1. The molecule has 3 rings (SSSR count). The summed E-state index contributed by atoms with van der Waals surface area (Å²) in [6, 6.07) is 8.66. The van der Waals surface area contributed by atoms with E-state index in [1.807, 2.05) is 37.3 Å². The zero-order valence-corrected chi connectivity index (χ0v) is 18.5. The molecule has 2 heterocycles. The van der Waals surface area contributed by atoms with E-state index in [0.29, 0.717) is 13.0 Å². The van der Waals surface area contributed by atoms with Gasteiger partial charge < -0.3 is 15.2 Å². The van der Waals surface area contributed by atoms with Crippen LogP contribution in [0.15, 0.2) is 35.1 Å². The third-order valence-corrected chi connectivity index (χ3v) is 5.97. The number of rotatable bonds is 7. The van der Waals surface area contributed by atoms with Gasteiger partial charge in [0, 0.05) is 13.6 Å². The van der Waals surface area contributed by atoms with Gasteiger partial charge in [-0.05, 0) is 29.5 Å². The molecular weight excluding hydrogens is 420 g/mol. The first kappa shape index (κ1) is 22.6. The molecule has 1 aromatic carbocycles. The number of nitrogens with zero attached hydrogens (tertiary/aromatic N) is 5. The second kappa shape index (κ2) is 9.40. The highest BCUT2D eigenvalue weighted by atomic mass is 32.2. The van der Waals surface area contributed by atoms with Gasteiger partial charge in [0.1, 0.15) is 11.3 Å². The Bertz CT molecular complexity index is 1170. The molecule has 0 spiro atoms. The predicted octanol–water partition coefficient (Wildman–Crippen LogP) is 1.86. The molecule has 10 nitrogen and oxygen atoms in total. The maximum absolute atomic E-state index is 13.3. The van der Waals surface area contributed by atoms with Gasteiger partial charge in [0.2, 0.25) is 0 Å². The van der Waals surface area contributed by atoms with Crippen LogP contribution in [-0.2, 0) is 17.6 Å². The molecule has 0 aliphatic carbocycles. The predicted molar refractivity (Wildman–Crippen MR) is 117 cm³/mol. The van der Waals surface area contributed by atoms with Crippen LogP contribution in [0.3, 0.4) is 0 Å². The highest BCUT2D eigenvalue weighted by molar-refractivity contribution is 7.79. The number of nitrogen functional groups attached to an aromatic ring is 1. The van der Waals surface area contributed by atoms with Gasteiger partial charge in [0.15, 0.2) is 11.5 Å². The summed E-state index contributed by atoms with van der Waals surface area (Å²) in [6.07, 6.45) is 0.951. The van der Waals surface area contributed by atoms with E-state index >= 15 is 0 Å². The number of aromatic nitrogens is 4. The Balaban J connectivity index is 2.29. The van der Waals surface area contributed by atoms with Gasteiger partial charge in [0.05, 0.1) is 11.8 Å². The lowest BCUT2D eigenvalue weighted by Gasteiger charge is -2.18. The molecule has 0 bridgehead atoms. The van der Waals surface area contributed by atoms with Gasteiger partial charge in [-0.15, -0.1) is 0 Å². The summed E-state index contributed by atoms with van der Waals surface area (Å²) in [5.74, 6) is -0.125. The van der Waals surface area contributed by atoms with Crippen LogP contribution in [0.1, 0.15) is 43.3 Å². The highest BCUT2D eigenvalue weighted by Crippen LogP contribution is 2.25. The van der Waals surface area contributed by atoms with Crippen molar-refractivity contribution in [2.24, 2.45) is 0 Å². The standard InChI is InChI=1S/C20H26N6O4S/c1-4-11-24(3)19(27)26-15-16(21)22-17(14(5-2)31(29)30)23-18(15)25(20(26)28)12-13-9-7-6-8-10-13/h6-10,14H,4-5,11-12H2,1-3H3,(H,29,30)(H2,21,22,23)/p-1. The summed E-state index contributed by atoms with van der Waals surface area (Å²) >= 11 is -2.47. The van der Waals surface area contributed by atoms with E-state index in [4.69, 9.17) is 5.73 Å². The third-order valence-electron chi connectivity index (χ3n) is 4.96. The lowest BCUT2D eigenvalue weighted by atomic mass is 10.2. The fourth-order valence-electron chi connectivity index (χ4n) is 3.42. The largest absolute Gasteiger partial charge is 0.772 e. The minimum Gasteiger partial charge on any atom is -0.772 e. The van der Waals surface area contributed by atoms with Crippen LogP contribution in [0.2, 0.25) is 0 Å². The highest BCUT2D eigenvalue weighted by Gasteiger charge is 2.27. The maximum atomic E-state index is 13.3. The zero-order chi connectivity index (χ0) is 22.7. The number of imidazole rings is 1. The topological polar surface area (TPSA) is 139 Å². The number of hydrogen-bond donors (Lipinski definition) is 1. The number of amides is 1. The van der Waals surface area contributed by atoms with Gasteiger partial charge in [-0.1, -0.05) is 44.2 Å². The van der Waals surface area contributed by atoms with Crippen molar-refractivity contribution in [2.45, 2.75) is 38.5 Å². The molecule has 1 amide bonds. The normalized spacial score (nSPS) is 13.3. The van der Waals surface area contributed by atoms with Gasteiger partial charge in [-0.25, -0.2) is 24.1 Å². The first-order valence-corrected chi connectivity index (χ1v) is 11.1. The molecular formula is C20H25N6O4S-. The van der Waals surface area contributed by atoms with E-state index in [2.05, 4.69) is 9.97 Å². The number of carbonyl (C=O) groups excluding carboxylic acids is 1. The smallest absolute Gasteiger partial charge is 0.339 e. The van der Waals surface area contributed by atoms with Crippen molar-refractivity contribution >= 4 is 34.1 Å². The molecule has 2 atom stereocenters. The van der Waals surface area contributed by atoms with Gasteiger partial charge >= 0.3 is 11.7 Å². The summed E-state index contributed by atoms with van der Waals surface area (Å²) in [7, 11) is 1.59. The van der Waals surface area contributed by atoms with Crippen molar-refractivity contribution in [3.05, 3.63) is 52.2 Å². The minimum atomic E-state index is -2.47. The molecule has 0 radical (unpaired) electrons. The molecule has 11 heteroatoms. The second-order valence-corrected chi connectivity index (χ2v) is 8.28. The quantitative estimate of drug-likeness (QED) is 0.548. The summed E-state index contributed by atoms with van der Waals surface area (Å²) < 4.78 is 25.6. The molecule has 2 N–H and O–H groups in total. The molecule has 0 saturated carbocycles.